The lowest BCUT2D eigenvalue weighted by atomic mass is 10.1. The molecule has 0 aliphatic rings. The molecule has 0 unspecified atom stereocenters. The number of aromatic nitrogens is 2. The highest BCUT2D eigenvalue weighted by molar-refractivity contribution is 5.94. The third-order valence-electron chi connectivity index (χ3n) is 5.45. The highest BCUT2D eigenvalue weighted by atomic mass is 16.2. The largest absolute Gasteiger partial charge is 0.331 e. The number of aryl methyl sites for hydroxylation is 2. The fourth-order valence-corrected chi connectivity index (χ4v) is 3.45. The number of hydrogen-bond acceptors (Lipinski definition) is 4. The number of benzene rings is 2. The molecular weight excluding hydrogens is 424 g/mol. The first-order valence-electron chi connectivity index (χ1n) is 12.0. The van der Waals surface area contributed by atoms with Gasteiger partial charge in [-0.3, -0.25) is 14.2 Å². The van der Waals surface area contributed by atoms with Crippen LogP contribution in [0.2, 0.25) is 0 Å². The second kappa shape index (κ2) is 13.5. The first kappa shape index (κ1) is 27.0. The molecule has 0 radical (unpaired) electrons. The molecule has 3 aromatic rings. The van der Waals surface area contributed by atoms with Crippen LogP contribution in [-0.2, 0) is 13.1 Å². The monoisotopic (exact) mass is 462 g/mol. The second-order valence-corrected chi connectivity index (χ2v) is 8.56. The zero-order chi connectivity index (χ0) is 25.1. The van der Waals surface area contributed by atoms with Gasteiger partial charge in [-0.25, -0.2) is 4.98 Å². The summed E-state index contributed by atoms with van der Waals surface area (Å²) in [5, 5.41) is 0. The van der Waals surface area contributed by atoms with Crippen molar-refractivity contribution in [3.05, 3.63) is 98.7 Å². The van der Waals surface area contributed by atoms with Gasteiger partial charge < -0.3 is 10.6 Å². The first-order valence-corrected chi connectivity index (χ1v) is 12.0. The van der Waals surface area contributed by atoms with Gasteiger partial charge in [0.15, 0.2) is 0 Å². The van der Waals surface area contributed by atoms with Gasteiger partial charge in [0.25, 0.3) is 11.5 Å². The maximum absolute atomic E-state index is 13.2. The Kier molecular flexibility index (Phi) is 10.7. The van der Waals surface area contributed by atoms with Crippen LogP contribution in [-0.4, -0.2) is 33.4 Å². The molecule has 2 N–H and O–H groups in total. The van der Waals surface area contributed by atoms with Gasteiger partial charge in [-0.05, 0) is 51.4 Å². The normalized spacial score (nSPS) is 10.4. The van der Waals surface area contributed by atoms with E-state index in [1.54, 1.807) is 16.4 Å². The first-order chi connectivity index (χ1) is 16.3. The lowest BCUT2D eigenvalue weighted by Gasteiger charge is -2.24. The molecule has 0 saturated heterocycles. The van der Waals surface area contributed by atoms with Crippen LogP contribution in [0.1, 0.15) is 65.3 Å². The molecule has 6 nitrogen and oxygen atoms in total. The molecule has 1 aromatic heterocycles. The summed E-state index contributed by atoms with van der Waals surface area (Å²) in [6.07, 6.45) is 1.92. The Hall–Kier alpha value is -3.25. The van der Waals surface area contributed by atoms with E-state index in [0.717, 1.165) is 11.1 Å². The number of rotatable bonds is 8. The topological polar surface area (TPSA) is 81.2 Å². The van der Waals surface area contributed by atoms with Crippen molar-refractivity contribution >= 4 is 5.91 Å². The zero-order valence-electron chi connectivity index (χ0n) is 21.2. The third kappa shape index (κ3) is 7.39. The molecule has 0 aliphatic heterocycles. The molecular formula is C28H38N4O2. The van der Waals surface area contributed by atoms with E-state index in [2.05, 4.69) is 13.8 Å². The van der Waals surface area contributed by atoms with E-state index in [-0.39, 0.29) is 18.0 Å². The lowest BCUT2D eigenvalue weighted by Crippen LogP contribution is -2.37. The van der Waals surface area contributed by atoms with Gasteiger partial charge in [0.05, 0.1) is 13.1 Å². The Morgan fingerprint density at radius 3 is 2.21 bits per heavy atom. The molecule has 0 aliphatic carbocycles. The van der Waals surface area contributed by atoms with Gasteiger partial charge in [0.2, 0.25) is 0 Å². The van der Waals surface area contributed by atoms with E-state index in [9.17, 15) is 9.59 Å². The van der Waals surface area contributed by atoms with E-state index in [1.807, 2.05) is 68.4 Å². The number of hydrogen-bond donors (Lipinski definition) is 1. The smallest absolute Gasteiger partial charge is 0.257 e. The maximum atomic E-state index is 13.2. The summed E-state index contributed by atoms with van der Waals surface area (Å²) in [5.74, 6) is 0.488. The van der Waals surface area contributed by atoms with Crippen molar-refractivity contribution in [2.24, 2.45) is 5.73 Å². The Balaban J connectivity index is 0.00000129. The molecule has 0 spiro atoms. The van der Waals surface area contributed by atoms with Gasteiger partial charge >= 0.3 is 0 Å². The molecule has 6 heteroatoms. The number of carbonyl (C=O) groups is 1. The quantitative estimate of drug-likeness (QED) is 0.529. The summed E-state index contributed by atoms with van der Waals surface area (Å²) in [6, 6.07) is 17.3. The van der Waals surface area contributed by atoms with E-state index < -0.39 is 0 Å². The van der Waals surface area contributed by atoms with Crippen LogP contribution >= 0.6 is 0 Å². The van der Waals surface area contributed by atoms with Crippen LogP contribution in [0, 0.1) is 20.8 Å². The van der Waals surface area contributed by atoms with Crippen LogP contribution in [0.5, 0.6) is 0 Å². The van der Waals surface area contributed by atoms with Crippen molar-refractivity contribution in [3.8, 4) is 0 Å². The van der Waals surface area contributed by atoms with E-state index in [0.29, 0.717) is 48.7 Å². The van der Waals surface area contributed by atoms with Crippen molar-refractivity contribution in [2.75, 3.05) is 13.1 Å². The summed E-state index contributed by atoms with van der Waals surface area (Å²) < 4.78 is 1.68. The Morgan fingerprint density at radius 1 is 1.00 bits per heavy atom. The van der Waals surface area contributed by atoms with Crippen LogP contribution in [0.15, 0.2) is 59.4 Å². The van der Waals surface area contributed by atoms with Gasteiger partial charge in [-0.1, -0.05) is 68.3 Å². The second-order valence-electron chi connectivity index (χ2n) is 8.56. The average Bonchev–Trinajstić information content (AvgIpc) is 2.84. The van der Waals surface area contributed by atoms with Crippen molar-refractivity contribution in [3.63, 3.8) is 0 Å². The minimum atomic E-state index is -0.0906. The summed E-state index contributed by atoms with van der Waals surface area (Å²) in [7, 11) is 0. The van der Waals surface area contributed by atoms with E-state index in [1.165, 1.54) is 6.42 Å². The number of nitrogens with zero attached hydrogens (tertiary/aromatic N) is 3. The minimum absolute atomic E-state index is 0.0760. The van der Waals surface area contributed by atoms with Crippen molar-refractivity contribution < 1.29 is 4.79 Å². The number of carbonyl (C=O) groups excluding carboxylic acids is 1. The highest BCUT2D eigenvalue weighted by Crippen LogP contribution is 2.13. The zero-order valence-corrected chi connectivity index (χ0v) is 21.2. The molecule has 34 heavy (non-hydrogen) atoms. The van der Waals surface area contributed by atoms with Gasteiger partial charge in [0, 0.05) is 23.4 Å². The van der Waals surface area contributed by atoms with Gasteiger partial charge in [0.1, 0.15) is 5.82 Å². The van der Waals surface area contributed by atoms with Crippen LogP contribution in [0.25, 0.3) is 0 Å². The molecule has 182 valence electrons. The summed E-state index contributed by atoms with van der Waals surface area (Å²) in [6.45, 7) is 11.5. The number of nitrogens with two attached hydrogens (primary N) is 1. The molecule has 1 heterocycles. The van der Waals surface area contributed by atoms with Crippen LogP contribution in [0.3, 0.4) is 0 Å². The SMILES string of the molecule is CCC.Cc1ccc(C(=O)N(CCCN)Cc2nc(C)c(C)c(=O)n2Cc2ccccc2)cc1. The molecule has 0 atom stereocenters. The van der Waals surface area contributed by atoms with Gasteiger partial charge in [-0.15, -0.1) is 0 Å². The minimum Gasteiger partial charge on any atom is -0.331 e. The lowest BCUT2D eigenvalue weighted by molar-refractivity contribution is 0.0735. The summed E-state index contributed by atoms with van der Waals surface area (Å²) >= 11 is 0. The molecule has 2 aromatic carbocycles. The maximum Gasteiger partial charge on any atom is 0.257 e. The Bertz CT molecular complexity index is 1110. The summed E-state index contributed by atoms with van der Waals surface area (Å²) in [4.78, 5) is 32.8. The Labute approximate surface area is 203 Å². The molecule has 0 bridgehead atoms. The van der Waals surface area contributed by atoms with Gasteiger partial charge in [-0.2, -0.15) is 0 Å². The van der Waals surface area contributed by atoms with Crippen LogP contribution < -0.4 is 11.3 Å². The number of amides is 1. The summed E-state index contributed by atoms with van der Waals surface area (Å²) in [5.41, 5.74) is 9.67. The van der Waals surface area contributed by atoms with Crippen molar-refractivity contribution in [1.82, 2.24) is 14.5 Å². The standard InChI is InChI=1S/C25H30N4O2.C3H8/c1-18-10-12-22(13-11-18)25(31)28(15-7-14-26)17-23-27-20(3)19(2)24(30)29(23)16-21-8-5-4-6-9-21;1-3-2/h4-6,8-13H,7,14-17,26H2,1-3H3;3H2,1-2H3. The average molecular weight is 463 g/mol. The molecule has 0 fully saturated rings. The fourth-order valence-electron chi connectivity index (χ4n) is 3.45. The predicted octanol–water partition coefficient (Wildman–Crippen LogP) is 4.62. The van der Waals surface area contributed by atoms with E-state index >= 15 is 0 Å². The molecule has 1 amide bonds. The predicted molar refractivity (Wildman–Crippen MR) is 139 cm³/mol. The molecule has 3 rings (SSSR count). The Morgan fingerprint density at radius 2 is 1.62 bits per heavy atom. The fraction of sp³-hybridized carbons (Fsp3) is 0.393. The molecule has 0 saturated carbocycles. The highest BCUT2D eigenvalue weighted by Gasteiger charge is 2.20. The van der Waals surface area contributed by atoms with Crippen molar-refractivity contribution in [2.45, 2.75) is 60.5 Å². The van der Waals surface area contributed by atoms with E-state index in [4.69, 9.17) is 10.7 Å². The van der Waals surface area contributed by atoms with Crippen molar-refractivity contribution in [1.29, 1.82) is 0 Å². The third-order valence-corrected chi connectivity index (χ3v) is 5.45. The van der Waals surface area contributed by atoms with Crippen LogP contribution in [0.4, 0.5) is 0 Å².